The predicted molar refractivity (Wildman–Crippen MR) is 133 cm³/mol. The smallest absolute Gasteiger partial charge is 0.0568 e. The fraction of sp³-hybridized carbons (Fsp3) is 0.933. The Morgan fingerprint density at radius 3 is 2.13 bits per heavy atom. The molecule has 0 heterocycles. The van der Waals surface area contributed by atoms with E-state index in [4.69, 9.17) is 0 Å². The molecule has 0 amide bonds. The first-order chi connectivity index (χ1) is 14.5. The van der Waals surface area contributed by atoms with Crippen molar-refractivity contribution >= 4 is 0 Å². The zero-order chi connectivity index (χ0) is 22.7. The van der Waals surface area contributed by atoms with Crippen LogP contribution >= 0.6 is 0 Å². The lowest BCUT2D eigenvalue weighted by molar-refractivity contribution is -0.149. The number of aliphatic hydroxyl groups excluding tert-OH is 1. The molecule has 1 N–H and O–H groups in total. The third kappa shape index (κ3) is 3.77. The monoisotopic (exact) mass is 428 g/mol. The Labute approximate surface area is 193 Å². The van der Waals surface area contributed by atoms with Gasteiger partial charge in [-0.2, -0.15) is 0 Å². The van der Waals surface area contributed by atoms with Crippen LogP contribution < -0.4 is 0 Å². The van der Waals surface area contributed by atoms with Gasteiger partial charge in [-0.3, -0.25) is 0 Å². The Bertz CT molecular complexity index is 691. The van der Waals surface area contributed by atoms with E-state index < -0.39 is 0 Å². The van der Waals surface area contributed by atoms with Crippen LogP contribution in [0.2, 0.25) is 0 Å². The number of fused-ring (bicyclic) bond motifs is 5. The molecular weight excluding hydrogens is 376 g/mol. The molecule has 0 aromatic heterocycles. The molecule has 4 fully saturated rings. The molecule has 4 saturated carbocycles. The van der Waals surface area contributed by atoms with Gasteiger partial charge in [0.2, 0.25) is 0 Å². The van der Waals surface area contributed by atoms with Gasteiger partial charge in [0.15, 0.2) is 0 Å². The molecule has 1 nitrogen and oxygen atoms in total. The molecule has 0 aromatic rings. The van der Waals surface area contributed by atoms with Crippen LogP contribution in [0.15, 0.2) is 11.1 Å². The third-order valence-corrected chi connectivity index (χ3v) is 12.1. The maximum atomic E-state index is 10.6. The summed E-state index contributed by atoms with van der Waals surface area (Å²) in [5.41, 5.74) is 4.33. The van der Waals surface area contributed by atoms with Crippen molar-refractivity contribution in [3.05, 3.63) is 11.1 Å². The van der Waals surface area contributed by atoms with Crippen LogP contribution in [-0.4, -0.2) is 11.2 Å². The van der Waals surface area contributed by atoms with Crippen molar-refractivity contribution in [1.82, 2.24) is 0 Å². The number of hydrogen-bond acceptors (Lipinski definition) is 1. The van der Waals surface area contributed by atoms with E-state index in [9.17, 15) is 5.11 Å². The largest absolute Gasteiger partial charge is 0.393 e. The molecule has 31 heavy (non-hydrogen) atoms. The van der Waals surface area contributed by atoms with Gasteiger partial charge in [-0.05, 0) is 130 Å². The maximum absolute atomic E-state index is 10.6. The summed E-state index contributed by atoms with van der Waals surface area (Å²) in [5.74, 6) is 6.49. The summed E-state index contributed by atoms with van der Waals surface area (Å²) in [6.07, 6.45) is 12.2. The molecule has 178 valence electrons. The minimum absolute atomic E-state index is 0.0502. The van der Waals surface area contributed by atoms with Crippen LogP contribution in [-0.2, 0) is 0 Å². The Morgan fingerprint density at radius 1 is 0.839 bits per heavy atom. The Kier molecular flexibility index (Phi) is 6.53. The first kappa shape index (κ1) is 23.8. The van der Waals surface area contributed by atoms with Crippen LogP contribution in [0.5, 0.6) is 0 Å². The standard InChI is InChI=1S/C30H52O/c1-18(2)21(5)19(3)17-20(4)24-11-12-26-23-9-10-25-22(6)28(31)14-16-30(25,8)27(23)13-15-29(24,26)7/h18,20,22-28,31H,9-17H2,1-8H3/b21-19+/t20-,22+,23+,24-,25?,26+,27+,28+,29-,30+/m1/s1. The molecule has 0 spiro atoms. The third-order valence-electron chi connectivity index (χ3n) is 12.1. The molecule has 0 saturated heterocycles. The van der Waals surface area contributed by atoms with E-state index in [-0.39, 0.29) is 6.10 Å². The van der Waals surface area contributed by atoms with E-state index in [1.807, 2.05) is 0 Å². The summed E-state index contributed by atoms with van der Waals surface area (Å²) >= 11 is 0. The fourth-order valence-electron chi connectivity index (χ4n) is 9.96. The molecule has 4 aliphatic rings. The SMILES string of the molecule is C/C(C[C@@H](C)[C@H]1CC[C@H]2[C@@H]3CCC4[C@H](C)[C@@H](O)CC[C@]4(C)[C@H]3CC[C@]12C)=C(/C)C(C)C. The molecule has 10 atom stereocenters. The van der Waals surface area contributed by atoms with Gasteiger partial charge in [-0.15, -0.1) is 0 Å². The van der Waals surface area contributed by atoms with Gasteiger partial charge in [0, 0.05) is 0 Å². The van der Waals surface area contributed by atoms with Crippen molar-refractivity contribution < 1.29 is 5.11 Å². The summed E-state index contributed by atoms with van der Waals surface area (Å²) in [6, 6.07) is 0. The van der Waals surface area contributed by atoms with Crippen molar-refractivity contribution in [1.29, 1.82) is 0 Å². The molecule has 4 aliphatic carbocycles. The lowest BCUT2D eigenvalue weighted by Crippen LogP contribution is -2.56. The van der Waals surface area contributed by atoms with Gasteiger partial charge in [-0.25, -0.2) is 0 Å². The lowest BCUT2D eigenvalue weighted by Gasteiger charge is -2.62. The predicted octanol–water partition coefficient (Wildman–Crippen LogP) is 8.27. The normalized spacial score (nSPS) is 49.2. The molecule has 0 bridgehead atoms. The summed E-state index contributed by atoms with van der Waals surface area (Å²) in [6.45, 7) is 19.7. The second kappa shape index (κ2) is 8.48. The molecular formula is C30H52O. The highest BCUT2D eigenvalue weighted by atomic mass is 16.3. The zero-order valence-corrected chi connectivity index (χ0v) is 22.0. The Morgan fingerprint density at radius 2 is 1.45 bits per heavy atom. The summed E-state index contributed by atoms with van der Waals surface area (Å²) in [7, 11) is 0. The number of hydrogen-bond donors (Lipinski definition) is 1. The number of allylic oxidation sites excluding steroid dienone is 2. The molecule has 4 rings (SSSR count). The van der Waals surface area contributed by atoms with Crippen LogP contribution in [0.25, 0.3) is 0 Å². The molecule has 0 radical (unpaired) electrons. The van der Waals surface area contributed by atoms with E-state index in [0.717, 1.165) is 41.9 Å². The van der Waals surface area contributed by atoms with Crippen LogP contribution in [0.3, 0.4) is 0 Å². The van der Waals surface area contributed by atoms with Crippen molar-refractivity contribution in [2.75, 3.05) is 0 Å². The first-order valence-electron chi connectivity index (χ1n) is 13.8. The van der Waals surface area contributed by atoms with E-state index >= 15 is 0 Å². The highest BCUT2D eigenvalue weighted by molar-refractivity contribution is 5.14. The van der Waals surface area contributed by atoms with Crippen molar-refractivity contribution in [3.63, 3.8) is 0 Å². The second-order valence-corrected chi connectivity index (χ2v) is 13.6. The quantitative estimate of drug-likeness (QED) is 0.447. The van der Waals surface area contributed by atoms with E-state index in [1.165, 1.54) is 51.4 Å². The summed E-state index contributed by atoms with van der Waals surface area (Å²) in [5, 5.41) is 10.6. The molecule has 0 aromatic carbocycles. The van der Waals surface area contributed by atoms with Gasteiger partial charge in [0.25, 0.3) is 0 Å². The van der Waals surface area contributed by atoms with Crippen LogP contribution in [0.4, 0.5) is 0 Å². The van der Waals surface area contributed by atoms with Crippen LogP contribution in [0, 0.1) is 58.2 Å². The van der Waals surface area contributed by atoms with Gasteiger partial charge in [-0.1, -0.05) is 52.7 Å². The van der Waals surface area contributed by atoms with Crippen molar-refractivity contribution in [2.45, 2.75) is 119 Å². The topological polar surface area (TPSA) is 20.2 Å². The summed E-state index contributed by atoms with van der Waals surface area (Å²) in [4.78, 5) is 0. The van der Waals surface area contributed by atoms with Gasteiger partial charge >= 0.3 is 0 Å². The van der Waals surface area contributed by atoms with Gasteiger partial charge < -0.3 is 5.11 Å². The van der Waals surface area contributed by atoms with Gasteiger partial charge in [0.1, 0.15) is 0 Å². The minimum Gasteiger partial charge on any atom is -0.393 e. The molecule has 0 aliphatic heterocycles. The number of aliphatic hydroxyl groups is 1. The minimum atomic E-state index is -0.0502. The second-order valence-electron chi connectivity index (χ2n) is 13.6. The van der Waals surface area contributed by atoms with E-state index in [0.29, 0.717) is 22.7 Å². The van der Waals surface area contributed by atoms with E-state index in [2.05, 4.69) is 55.4 Å². The lowest BCUT2D eigenvalue weighted by atomic mass is 9.43. The van der Waals surface area contributed by atoms with Crippen LogP contribution in [0.1, 0.15) is 113 Å². The van der Waals surface area contributed by atoms with Crippen molar-refractivity contribution in [2.24, 2.45) is 58.2 Å². The highest BCUT2D eigenvalue weighted by Gasteiger charge is 2.61. The zero-order valence-electron chi connectivity index (χ0n) is 22.0. The highest BCUT2D eigenvalue weighted by Crippen LogP contribution is 2.69. The Balaban J connectivity index is 1.52. The molecule has 1 unspecified atom stereocenters. The van der Waals surface area contributed by atoms with Crippen molar-refractivity contribution in [3.8, 4) is 0 Å². The van der Waals surface area contributed by atoms with Gasteiger partial charge in [0.05, 0.1) is 6.10 Å². The fourth-order valence-corrected chi connectivity index (χ4v) is 9.96. The average molecular weight is 429 g/mol. The first-order valence-corrected chi connectivity index (χ1v) is 13.8. The molecule has 1 heteroatoms. The number of rotatable bonds is 4. The summed E-state index contributed by atoms with van der Waals surface area (Å²) < 4.78 is 0. The maximum Gasteiger partial charge on any atom is 0.0568 e. The average Bonchev–Trinajstić information content (AvgIpc) is 3.07. The Hall–Kier alpha value is -0.300. The van der Waals surface area contributed by atoms with E-state index in [1.54, 1.807) is 11.1 Å².